The number of unbranched alkanes of at least 4 members (excludes halogenated alkanes) is 2. The number of fused-ring (bicyclic) bond motifs is 1. The summed E-state index contributed by atoms with van der Waals surface area (Å²) in [5, 5.41) is 6.69. The van der Waals surface area contributed by atoms with Gasteiger partial charge < -0.3 is 10.6 Å². The van der Waals surface area contributed by atoms with Gasteiger partial charge in [-0.3, -0.25) is 24.5 Å². The van der Waals surface area contributed by atoms with Gasteiger partial charge in [-0.1, -0.05) is 44.0 Å². The number of benzene rings is 2. The van der Waals surface area contributed by atoms with E-state index in [1.165, 1.54) is 18.3 Å². The first kappa shape index (κ1) is 33.2. The number of pyridine rings is 3. The van der Waals surface area contributed by atoms with Crippen LogP contribution in [0.1, 0.15) is 59.4 Å². The molecule has 47 heavy (non-hydrogen) atoms. The smallest absolute Gasteiger partial charge is 0.354 e. The van der Waals surface area contributed by atoms with Gasteiger partial charge in [0.1, 0.15) is 11.9 Å². The Morgan fingerprint density at radius 2 is 1.68 bits per heavy atom. The van der Waals surface area contributed by atoms with Crippen LogP contribution in [-0.4, -0.2) is 45.3 Å². The Bertz CT molecular complexity index is 1830. The molecular formula is C36H35F3N6O2. The lowest BCUT2D eigenvalue weighted by atomic mass is 10.0. The summed E-state index contributed by atoms with van der Waals surface area (Å²) in [6.07, 6.45) is 1.74. The van der Waals surface area contributed by atoms with Gasteiger partial charge in [0.2, 0.25) is 5.91 Å². The first-order valence-electron chi connectivity index (χ1n) is 15.4. The zero-order valence-corrected chi connectivity index (χ0v) is 26.1. The number of likely N-dealkylation sites (N-methyl/N-ethyl adjacent to an activating group) is 1. The Morgan fingerprint density at radius 1 is 0.894 bits per heavy atom. The quantitative estimate of drug-likeness (QED) is 0.138. The molecule has 11 heteroatoms. The average Bonchev–Trinajstić information content (AvgIpc) is 3.07. The number of nitrogens with zero attached hydrogens (tertiary/aromatic N) is 4. The van der Waals surface area contributed by atoms with E-state index in [0.717, 1.165) is 42.3 Å². The zero-order valence-electron chi connectivity index (χ0n) is 26.1. The van der Waals surface area contributed by atoms with Crippen molar-refractivity contribution in [3.8, 4) is 11.3 Å². The molecule has 8 nitrogen and oxygen atoms in total. The number of carbonyl (C=O) groups excluding carboxylic acids is 2. The van der Waals surface area contributed by atoms with Crippen molar-refractivity contribution in [1.82, 2.24) is 25.2 Å². The number of nitrogens with one attached hydrogen (secondary N) is 2. The molecule has 0 saturated heterocycles. The molecule has 3 heterocycles. The first-order valence-corrected chi connectivity index (χ1v) is 15.4. The minimum atomic E-state index is -4.46. The lowest BCUT2D eigenvalue weighted by Crippen LogP contribution is -2.39. The third-order valence-corrected chi connectivity index (χ3v) is 7.70. The van der Waals surface area contributed by atoms with Gasteiger partial charge >= 0.3 is 6.18 Å². The summed E-state index contributed by atoms with van der Waals surface area (Å²) in [5.41, 5.74) is 2.34. The summed E-state index contributed by atoms with van der Waals surface area (Å²) >= 11 is 0. The second kappa shape index (κ2) is 15.0. The van der Waals surface area contributed by atoms with E-state index in [1.807, 2.05) is 54.4 Å². The molecule has 0 aliphatic carbocycles. The first-order chi connectivity index (χ1) is 22.6. The van der Waals surface area contributed by atoms with Crippen LogP contribution in [0.2, 0.25) is 0 Å². The van der Waals surface area contributed by atoms with Crippen molar-refractivity contribution in [3.05, 3.63) is 120 Å². The maximum atomic E-state index is 13.3. The van der Waals surface area contributed by atoms with Crippen LogP contribution in [0, 0.1) is 0 Å². The standard InChI is InChI=1S/C36H35F3N6O2/c1-3-4-6-20-42-35(47)33(30-10-5-7-19-40-30)45(2)23-24-11-17-29-26(22-24)14-18-31(43-29)44-34(46)28-9-8-21-41-32(28)25-12-15-27(16-13-25)36(37,38)39/h5,7-19,21-22,33H,3-4,6,20,23H2,1-2H3,(H,42,47)(H,43,44,46). The number of aromatic nitrogens is 3. The number of hydrogen-bond donors (Lipinski definition) is 2. The number of amides is 2. The molecule has 0 aliphatic rings. The fourth-order valence-corrected chi connectivity index (χ4v) is 5.32. The van der Waals surface area contributed by atoms with Crippen LogP contribution in [0.4, 0.5) is 19.0 Å². The number of halogens is 3. The number of anilines is 1. The number of carbonyl (C=O) groups is 2. The molecule has 2 N–H and O–H groups in total. The van der Waals surface area contributed by atoms with Crippen LogP contribution in [0.15, 0.2) is 97.3 Å². The molecule has 2 aromatic carbocycles. The topological polar surface area (TPSA) is 100 Å². The average molecular weight is 641 g/mol. The molecule has 1 unspecified atom stereocenters. The van der Waals surface area contributed by atoms with E-state index in [1.54, 1.807) is 24.4 Å². The van der Waals surface area contributed by atoms with E-state index in [4.69, 9.17) is 0 Å². The molecule has 0 spiro atoms. The highest BCUT2D eigenvalue weighted by molar-refractivity contribution is 6.08. The van der Waals surface area contributed by atoms with Crippen LogP contribution in [0.25, 0.3) is 22.2 Å². The van der Waals surface area contributed by atoms with Crippen molar-refractivity contribution in [2.75, 3.05) is 18.9 Å². The summed E-state index contributed by atoms with van der Waals surface area (Å²) in [4.78, 5) is 41.8. The molecule has 0 aliphatic heterocycles. The van der Waals surface area contributed by atoms with Crippen molar-refractivity contribution >= 4 is 28.5 Å². The molecule has 3 aromatic heterocycles. The van der Waals surface area contributed by atoms with E-state index in [0.29, 0.717) is 35.7 Å². The highest BCUT2D eigenvalue weighted by Crippen LogP contribution is 2.31. The van der Waals surface area contributed by atoms with Crippen molar-refractivity contribution in [2.45, 2.75) is 44.9 Å². The minimum absolute atomic E-state index is 0.0970. The van der Waals surface area contributed by atoms with Crippen LogP contribution in [-0.2, 0) is 17.5 Å². The largest absolute Gasteiger partial charge is 0.416 e. The van der Waals surface area contributed by atoms with Gasteiger partial charge in [-0.25, -0.2) is 4.98 Å². The van der Waals surface area contributed by atoms with Crippen LogP contribution < -0.4 is 10.6 Å². The summed E-state index contributed by atoms with van der Waals surface area (Å²) in [5.74, 6) is -0.281. The van der Waals surface area contributed by atoms with Crippen molar-refractivity contribution in [1.29, 1.82) is 0 Å². The van der Waals surface area contributed by atoms with Gasteiger partial charge in [0.15, 0.2) is 0 Å². The second-order valence-electron chi connectivity index (χ2n) is 11.2. The van der Waals surface area contributed by atoms with Crippen LogP contribution in [0.3, 0.4) is 0 Å². The molecule has 242 valence electrons. The predicted molar refractivity (Wildman–Crippen MR) is 175 cm³/mol. The fourth-order valence-electron chi connectivity index (χ4n) is 5.32. The molecule has 5 aromatic rings. The molecule has 5 rings (SSSR count). The van der Waals surface area contributed by atoms with E-state index in [9.17, 15) is 22.8 Å². The van der Waals surface area contributed by atoms with Crippen molar-refractivity contribution < 1.29 is 22.8 Å². The number of hydrogen-bond acceptors (Lipinski definition) is 6. The van der Waals surface area contributed by atoms with Gasteiger partial charge in [0.25, 0.3) is 5.91 Å². The Labute approximate surface area is 271 Å². The molecule has 1 atom stereocenters. The third-order valence-electron chi connectivity index (χ3n) is 7.70. The SMILES string of the molecule is CCCCCNC(=O)C(c1ccccn1)N(C)Cc1ccc2nc(NC(=O)c3cccnc3-c3ccc(C(F)(F)F)cc3)ccc2c1. The van der Waals surface area contributed by atoms with Crippen LogP contribution >= 0.6 is 0 Å². The van der Waals surface area contributed by atoms with Gasteiger partial charge in [0, 0.05) is 36.4 Å². The highest BCUT2D eigenvalue weighted by atomic mass is 19.4. The summed E-state index contributed by atoms with van der Waals surface area (Å²) < 4.78 is 39.1. The summed E-state index contributed by atoms with van der Waals surface area (Å²) in [6, 6.07) is 21.9. The molecule has 0 fully saturated rings. The summed E-state index contributed by atoms with van der Waals surface area (Å²) in [7, 11) is 1.89. The second-order valence-corrected chi connectivity index (χ2v) is 11.2. The molecule has 2 amide bonds. The monoisotopic (exact) mass is 640 g/mol. The Morgan fingerprint density at radius 3 is 2.40 bits per heavy atom. The van der Waals surface area contributed by atoms with Gasteiger partial charge in [-0.2, -0.15) is 13.2 Å². The molecular weight excluding hydrogens is 605 g/mol. The third kappa shape index (κ3) is 8.36. The van der Waals surface area contributed by atoms with Crippen molar-refractivity contribution in [2.24, 2.45) is 0 Å². The molecule has 0 bridgehead atoms. The lowest BCUT2D eigenvalue weighted by Gasteiger charge is -2.27. The van der Waals surface area contributed by atoms with Gasteiger partial charge in [0.05, 0.1) is 28.0 Å². The highest BCUT2D eigenvalue weighted by Gasteiger charge is 2.30. The van der Waals surface area contributed by atoms with Gasteiger partial charge in [-0.05, 0) is 79.7 Å². The lowest BCUT2D eigenvalue weighted by molar-refractivity contribution is -0.137. The Kier molecular flexibility index (Phi) is 10.6. The predicted octanol–water partition coefficient (Wildman–Crippen LogP) is 7.44. The van der Waals surface area contributed by atoms with E-state index in [-0.39, 0.29) is 17.2 Å². The minimum Gasteiger partial charge on any atom is -0.354 e. The number of rotatable bonds is 12. The summed E-state index contributed by atoms with van der Waals surface area (Å²) in [6.45, 7) is 3.21. The Balaban J connectivity index is 1.30. The molecule has 0 radical (unpaired) electrons. The maximum absolute atomic E-state index is 13.3. The molecule has 0 saturated carbocycles. The van der Waals surface area contributed by atoms with Crippen LogP contribution in [0.5, 0.6) is 0 Å². The van der Waals surface area contributed by atoms with E-state index in [2.05, 4.69) is 32.5 Å². The van der Waals surface area contributed by atoms with E-state index >= 15 is 0 Å². The fraction of sp³-hybridized carbons (Fsp3) is 0.250. The normalized spacial score (nSPS) is 12.2. The maximum Gasteiger partial charge on any atom is 0.416 e. The number of alkyl halides is 3. The van der Waals surface area contributed by atoms with Crippen molar-refractivity contribution in [3.63, 3.8) is 0 Å². The van der Waals surface area contributed by atoms with Gasteiger partial charge in [-0.15, -0.1) is 0 Å². The van der Waals surface area contributed by atoms with E-state index < -0.39 is 23.7 Å². The Hall–Kier alpha value is -5.16. The zero-order chi connectivity index (χ0) is 33.4.